The van der Waals surface area contributed by atoms with Crippen LogP contribution in [-0.2, 0) is 4.79 Å². The molecule has 2 rings (SSSR count). The summed E-state index contributed by atoms with van der Waals surface area (Å²) in [5.41, 5.74) is 0. The standard InChI is InChI=1S/C15H25F3N2O2/c16-15(17,18)13(21)10-20-8-4-5-11(9-20)14(22)19-12-6-2-1-3-7-12/h11-13,21H,1-10H2,(H,19,22)/t11-,13+/m0/s1. The summed E-state index contributed by atoms with van der Waals surface area (Å²) in [6.07, 6.45) is -0.100. The zero-order valence-corrected chi connectivity index (χ0v) is 12.7. The fraction of sp³-hybridized carbons (Fsp3) is 0.933. The maximum Gasteiger partial charge on any atom is 0.415 e. The molecular formula is C15H25F3N2O2. The normalized spacial score (nSPS) is 26.6. The number of alkyl halides is 3. The van der Waals surface area contributed by atoms with Crippen molar-refractivity contribution in [2.75, 3.05) is 19.6 Å². The van der Waals surface area contributed by atoms with Crippen LogP contribution in [0.25, 0.3) is 0 Å². The number of carbonyl (C=O) groups is 1. The molecule has 0 spiro atoms. The molecule has 2 atom stereocenters. The quantitative estimate of drug-likeness (QED) is 0.833. The molecule has 0 radical (unpaired) electrons. The van der Waals surface area contributed by atoms with Gasteiger partial charge in [0.25, 0.3) is 0 Å². The number of aliphatic hydroxyl groups is 1. The topological polar surface area (TPSA) is 52.6 Å². The van der Waals surface area contributed by atoms with E-state index in [1.807, 2.05) is 0 Å². The number of nitrogens with one attached hydrogen (secondary N) is 1. The highest BCUT2D eigenvalue weighted by molar-refractivity contribution is 5.79. The minimum atomic E-state index is -4.60. The van der Waals surface area contributed by atoms with Crippen LogP contribution in [0.4, 0.5) is 13.2 Å². The molecule has 0 aromatic rings. The van der Waals surface area contributed by atoms with E-state index in [9.17, 15) is 18.0 Å². The molecule has 1 saturated carbocycles. The summed E-state index contributed by atoms with van der Waals surface area (Å²) in [7, 11) is 0. The molecule has 1 aliphatic carbocycles. The van der Waals surface area contributed by atoms with Gasteiger partial charge in [0.05, 0.1) is 5.92 Å². The van der Waals surface area contributed by atoms with Crippen molar-refractivity contribution in [1.82, 2.24) is 10.2 Å². The van der Waals surface area contributed by atoms with Crippen molar-refractivity contribution >= 4 is 5.91 Å². The largest absolute Gasteiger partial charge is 0.415 e. The molecule has 0 aromatic carbocycles. The highest BCUT2D eigenvalue weighted by atomic mass is 19.4. The number of β-amino-alcohol motifs (C(OH)–C–C–N with tert-alkyl or cyclic N) is 1. The van der Waals surface area contributed by atoms with Gasteiger partial charge in [-0.15, -0.1) is 0 Å². The summed E-state index contributed by atoms with van der Waals surface area (Å²) in [6.45, 7) is 0.350. The average molecular weight is 322 g/mol. The van der Waals surface area contributed by atoms with Crippen molar-refractivity contribution in [3.8, 4) is 0 Å². The Morgan fingerprint density at radius 3 is 2.50 bits per heavy atom. The van der Waals surface area contributed by atoms with Gasteiger partial charge >= 0.3 is 6.18 Å². The summed E-state index contributed by atoms with van der Waals surface area (Å²) in [5, 5.41) is 12.2. The fourth-order valence-electron chi connectivity index (χ4n) is 3.35. The molecule has 1 aliphatic heterocycles. The molecule has 0 bridgehead atoms. The summed E-state index contributed by atoms with van der Waals surface area (Å²) in [6, 6.07) is 0.220. The first-order valence-electron chi connectivity index (χ1n) is 8.14. The summed E-state index contributed by atoms with van der Waals surface area (Å²) >= 11 is 0. The van der Waals surface area contributed by atoms with E-state index in [1.165, 1.54) is 6.42 Å². The van der Waals surface area contributed by atoms with Gasteiger partial charge < -0.3 is 10.4 Å². The third-order valence-electron chi connectivity index (χ3n) is 4.64. The average Bonchev–Trinajstić information content (AvgIpc) is 2.47. The number of carbonyl (C=O) groups excluding carboxylic acids is 1. The number of aliphatic hydroxyl groups excluding tert-OH is 1. The van der Waals surface area contributed by atoms with Gasteiger partial charge in [-0.1, -0.05) is 19.3 Å². The summed E-state index contributed by atoms with van der Waals surface area (Å²) in [5.74, 6) is -0.311. The second kappa shape index (κ2) is 7.64. The van der Waals surface area contributed by atoms with Crippen molar-refractivity contribution in [3.63, 3.8) is 0 Å². The Hall–Kier alpha value is -0.820. The minimum Gasteiger partial charge on any atom is -0.382 e. The molecule has 128 valence electrons. The molecule has 1 heterocycles. The Bertz CT molecular complexity index is 370. The first kappa shape index (κ1) is 17.5. The van der Waals surface area contributed by atoms with E-state index in [0.29, 0.717) is 25.9 Å². The van der Waals surface area contributed by atoms with Gasteiger partial charge in [0.2, 0.25) is 5.91 Å². The maximum atomic E-state index is 12.4. The van der Waals surface area contributed by atoms with Gasteiger partial charge in [-0.25, -0.2) is 0 Å². The highest BCUT2D eigenvalue weighted by Crippen LogP contribution is 2.24. The summed E-state index contributed by atoms with van der Waals surface area (Å²) < 4.78 is 37.2. The molecule has 7 heteroatoms. The number of piperidine rings is 1. The Labute approximate surface area is 129 Å². The number of nitrogens with zero attached hydrogens (tertiary/aromatic N) is 1. The first-order chi connectivity index (χ1) is 10.4. The van der Waals surface area contributed by atoms with Gasteiger partial charge in [0, 0.05) is 19.1 Å². The molecule has 0 unspecified atom stereocenters. The molecule has 2 aliphatic rings. The van der Waals surface area contributed by atoms with Gasteiger partial charge in [-0.05, 0) is 32.2 Å². The highest BCUT2D eigenvalue weighted by Gasteiger charge is 2.40. The first-order valence-corrected chi connectivity index (χ1v) is 8.14. The Morgan fingerprint density at radius 1 is 1.18 bits per heavy atom. The smallest absolute Gasteiger partial charge is 0.382 e. The number of hydrogen-bond donors (Lipinski definition) is 2. The zero-order chi connectivity index (χ0) is 16.2. The van der Waals surface area contributed by atoms with Crippen LogP contribution >= 0.6 is 0 Å². The predicted molar refractivity (Wildman–Crippen MR) is 76.2 cm³/mol. The molecule has 2 fully saturated rings. The lowest BCUT2D eigenvalue weighted by molar-refractivity contribution is -0.209. The van der Waals surface area contributed by atoms with E-state index >= 15 is 0 Å². The van der Waals surface area contributed by atoms with E-state index < -0.39 is 18.8 Å². The van der Waals surface area contributed by atoms with Crippen LogP contribution in [0.5, 0.6) is 0 Å². The lowest BCUT2D eigenvalue weighted by Gasteiger charge is -2.34. The molecule has 1 saturated heterocycles. The number of halogens is 3. The Kier molecular flexibility index (Phi) is 6.09. The fourth-order valence-corrected chi connectivity index (χ4v) is 3.35. The van der Waals surface area contributed by atoms with E-state index in [-0.39, 0.29) is 17.9 Å². The number of likely N-dealkylation sites (tertiary alicyclic amines) is 1. The molecule has 2 N–H and O–H groups in total. The van der Waals surface area contributed by atoms with Gasteiger partial charge in [0.15, 0.2) is 6.10 Å². The lowest BCUT2D eigenvalue weighted by Crippen LogP contribution is -2.49. The molecule has 1 amide bonds. The monoisotopic (exact) mass is 322 g/mol. The zero-order valence-electron chi connectivity index (χ0n) is 12.7. The van der Waals surface area contributed by atoms with Gasteiger partial charge in [-0.2, -0.15) is 13.2 Å². The van der Waals surface area contributed by atoms with Crippen molar-refractivity contribution in [1.29, 1.82) is 0 Å². The van der Waals surface area contributed by atoms with Crippen molar-refractivity contribution in [2.45, 2.75) is 63.3 Å². The third-order valence-corrected chi connectivity index (χ3v) is 4.64. The predicted octanol–water partition coefficient (Wildman–Crippen LogP) is 2.07. The molecule has 22 heavy (non-hydrogen) atoms. The van der Waals surface area contributed by atoms with Crippen molar-refractivity contribution in [3.05, 3.63) is 0 Å². The van der Waals surface area contributed by atoms with E-state index in [4.69, 9.17) is 5.11 Å². The molecule has 0 aromatic heterocycles. The molecular weight excluding hydrogens is 297 g/mol. The number of rotatable bonds is 4. The number of amides is 1. The van der Waals surface area contributed by atoms with Crippen LogP contribution in [0.3, 0.4) is 0 Å². The van der Waals surface area contributed by atoms with Gasteiger partial charge in [0.1, 0.15) is 0 Å². The van der Waals surface area contributed by atoms with Crippen molar-refractivity contribution in [2.24, 2.45) is 5.92 Å². The second-order valence-corrected chi connectivity index (χ2v) is 6.50. The number of hydrogen-bond acceptors (Lipinski definition) is 3. The van der Waals surface area contributed by atoms with Crippen LogP contribution in [0.2, 0.25) is 0 Å². The molecule has 4 nitrogen and oxygen atoms in total. The SMILES string of the molecule is O=C(NC1CCCCC1)[C@H]1CCCN(C[C@@H](O)C(F)(F)F)C1. The van der Waals surface area contributed by atoms with Crippen LogP contribution in [-0.4, -0.2) is 53.9 Å². The Morgan fingerprint density at radius 2 is 1.86 bits per heavy atom. The Balaban J connectivity index is 1.80. The van der Waals surface area contributed by atoms with Crippen LogP contribution in [0.1, 0.15) is 44.9 Å². The van der Waals surface area contributed by atoms with Crippen LogP contribution in [0, 0.1) is 5.92 Å². The van der Waals surface area contributed by atoms with Crippen LogP contribution in [0.15, 0.2) is 0 Å². The van der Waals surface area contributed by atoms with Crippen LogP contribution < -0.4 is 5.32 Å². The van der Waals surface area contributed by atoms with E-state index in [2.05, 4.69) is 5.32 Å². The third kappa shape index (κ3) is 5.12. The lowest BCUT2D eigenvalue weighted by atomic mass is 9.93. The minimum absolute atomic E-state index is 0.0434. The maximum absolute atomic E-state index is 12.4. The second-order valence-electron chi connectivity index (χ2n) is 6.50. The summed E-state index contributed by atoms with van der Waals surface area (Å²) in [4.78, 5) is 13.8. The van der Waals surface area contributed by atoms with E-state index in [0.717, 1.165) is 25.7 Å². The van der Waals surface area contributed by atoms with Crippen molar-refractivity contribution < 1.29 is 23.1 Å². The van der Waals surface area contributed by atoms with E-state index in [1.54, 1.807) is 4.90 Å². The van der Waals surface area contributed by atoms with Gasteiger partial charge in [-0.3, -0.25) is 9.69 Å².